The number of aromatic nitrogens is 3. The van der Waals surface area contributed by atoms with Gasteiger partial charge in [-0.05, 0) is 67.5 Å². The number of rotatable bonds is 8. The molecule has 3 heterocycles. The van der Waals surface area contributed by atoms with Crippen molar-refractivity contribution in [2.75, 3.05) is 53.1 Å². The van der Waals surface area contributed by atoms with Gasteiger partial charge in [-0.15, -0.1) is 5.10 Å². The SMILES string of the molecule is O=S(CCO)Nc1ccc(-c2cn(-c3cccc(N4CCC(F)(F)CC4)c3)nn2)c(N2CCC3(CC2)CC3)c1. The Bertz CT molecular complexity index is 1340. The van der Waals surface area contributed by atoms with Gasteiger partial charge in [0, 0.05) is 61.6 Å². The first-order chi connectivity index (χ1) is 18.8. The number of nitrogens with zero attached hydrogens (tertiary/aromatic N) is 5. The lowest BCUT2D eigenvalue weighted by Crippen LogP contribution is -2.39. The molecule has 0 amide bonds. The van der Waals surface area contributed by atoms with Crippen LogP contribution in [-0.2, 0) is 11.0 Å². The summed E-state index contributed by atoms with van der Waals surface area (Å²) in [5, 5.41) is 18.0. The lowest BCUT2D eigenvalue weighted by Gasteiger charge is -2.35. The summed E-state index contributed by atoms with van der Waals surface area (Å²) in [7, 11) is -1.36. The lowest BCUT2D eigenvalue weighted by molar-refractivity contribution is -0.0220. The average molecular weight is 557 g/mol. The fourth-order valence-electron chi connectivity index (χ4n) is 5.68. The van der Waals surface area contributed by atoms with Crippen LogP contribution in [0.4, 0.5) is 25.8 Å². The van der Waals surface area contributed by atoms with Crippen LogP contribution in [0.15, 0.2) is 48.7 Å². The minimum Gasteiger partial charge on any atom is -0.395 e. The van der Waals surface area contributed by atoms with Crippen LogP contribution in [0.3, 0.4) is 0 Å². The van der Waals surface area contributed by atoms with Crippen LogP contribution in [0.25, 0.3) is 16.9 Å². The van der Waals surface area contributed by atoms with Gasteiger partial charge < -0.3 is 19.6 Å². The van der Waals surface area contributed by atoms with E-state index >= 15 is 0 Å². The summed E-state index contributed by atoms with van der Waals surface area (Å²) in [4.78, 5) is 4.37. The number of benzene rings is 2. The van der Waals surface area contributed by atoms with E-state index in [1.165, 1.54) is 25.7 Å². The molecule has 1 aromatic heterocycles. The van der Waals surface area contributed by atoms with Gasteiger partial charge in [0.25, 0.3) is 5.92 Å². The number of piperidine rings is 2. The van der Waals surface area contributed by atoms with Crippen LogP contribution >= 0.6 is 0 Å². The van der Waals surface area contributed by atoms with Gasteiger partial charge in [0.2, 0.25) is 0 Å². The van der Waals surface area contributed by atoms with Crippen molar-refractivity contribution in [3.63, 3.8) is 0 Å². The van der Waals surface area contributed by atoms with Crippen molar-refractivity contribution in [2.24, 2.45) is 5.41 Å². The van der Waals surface area contributed by atoms with Crippen LogP contribution in [0.5, 0.6) is 0 Å². The number of anilines is 3. The smallest absolute Gasteiger partial charge is 0.251 e. The van der Waals surface area contributed by atoms with E-state index in [-0.39, 0.29) is 25.2 Å². The molecular weight excluding hydrogens is 522 g/mol. The highest BCUT2D eigenvalue weighted by Crippen LogP contribution is 2.54. The van der Waals surface area contributed by atoms with Gasteiger partial charge in [-0.3, -0.25) is 0 Å². The first kappa shape index (κ1) is 26.2. The first-order valence-electron chi connectivity index (χ1n) is 13.6. The zero-order valence-electron chi connectivity index (χ0n) is 21.9. The van der Waals surface area contributed by atoms with Gasteiger partial charge in [0.1, 0.15) is 16.7 Å². The van der Waals surface area contributed by atoms with E-state index in [9.17, 15) is 13.0 Å². The number of halogens is 2. The van der Waals surface area contributed by atoms with Gasteiger partial charge in [-0.25, -0.2) is 17.7 Å². The van der Waals surface area contributed by atoms with Crippen molar-refractivity contribution in [3.05, 3.63) is 48.7 Å². The molecule has 3 aromatic rings. The van der Waals surface area contributed by atoms with E-state index < -0.39 is 16.9 Å². The molecule has 0 bridgehead atoms. The predicted molar refractivity (Wildman–Crippen MR) is 150 cm³/mol. The summed E-state index contributed by atoms with van der Waals surface area (Å²) in [5.74, 6) is -2.42. The van der Waals surface area contributed by atoms with E-state index in [4.69, 9.17) is 5.11 Å². The van der Waals surface area contributed by atoms with Crippen molar-refractivity contribution in [3.8, 4) is 16.9 Å². The highest BCUT2D eigenvalue weighted by Gasteiger charge is 2.44. The highest BCUT2D eigenvalue weighted by molar-refractivity contribution is 7.86. The molecule has 2 aliphatic heterocycles. The number of aliphatic hydroxyl groups excluding tert-OH is 1. The largest absolute Gasteiger partial charge is 0.395 e. The van der Waals surface area contributed by atoms with Crippen molar-refractivity contribution in [1.82, 2.24) is 15.0 Å². The molecule has 2 N–H and O–H groups in total. The fraction of sp³-hybridized carbons (Fsp3) is 0.500. The van der Waals surface area contributed by atoms with Gasteiger partial charge in [-0.2, -0.15) is 0 Å². The molecule has 3 fully saturated rings. The Balaban J connectivity index is 1.26. The quantitative estimate of drug-likeness (QED) is 0.421. The fourth-order valence-corrected chi connectivity index (χ4v) is 6.33. The van der Waals surface area contributed by atoms with Crippen LogP contribution < -0.4 is 14.5 Å². The Morgan fingerprint density at radius 3 is 2.36 bits per heavy atom. The Kier molecular flexibility index (Phi) is 7.05. The van der Waals surface area contributed by atoms with Crippen molar-refractivity contribution in [1.29, 1.82) is 0 Å². The molecule has 0 radical (unpaired) electrons. The minimum absolute atomic E-state index is 0.135. The molecule has 1 atom stereocenters. The maximum Gasteiger partial charge on any atom is 0.251 e. The van der Waals surface area contributed by atoms with E-state index in [1.807, 2.05) is 53.6 Å². The highest BCUT2D eigenvalue weighted by atomic mass is 32.2. The monoisotopic (exact) mass is 556 g/mol. The molecule has 1 saturated carbocycles. The lowest BCUT2D eigenvalue weighted by atomic mass is 9.93. The van der Waals surface area contributed by atoms with Crippen molar-refractivity contribution < 1.29 is 18.1 Å². The van der Waals surface area contributed by atoms with E-state index in [0.29, 0.717) is 18.5 Å². The Hall–Kier alpha value is -3.05. The van der Waals surface area contributed by atoms with Gasteiger partial charge >= 0.3 is 0 Å². The maximum atomic E-state index is 13.6. The molecule has 1 unspecified atom stereocenters. The second-order valence-electron chi connectivity index (χ2n) is 11.0. The summed E-state index contributed by atoms with van der Waals surface area (Å²) in [5.41, 5.74) is 5.67. The van der Waals surface area contributed by atoms with E-state index in [1.54, 1.807) is 4.68 Å². The topological polar surface area (TPSA) is 86.5 Å². The predicted octanol–water partition coefficient (Wildman–Crippen LogP) is 4.62. The average Bonchev–Trinajstić information content (AvgIpc) is 3.49. The van der Waals surface area contributed by atoms with Crippen molar-refractivity contribution >= 4 is 28.0 Å². The van der Waals surface area contributed by atoms with Crippen LogP contribution in [0.1, 0.15) is 38.5 Å². The molecule has 3 aliphatic rings. The van der Waals surface area contributed by atoms with Gasteiger partial charge in [-0.1, -0.05) is 11.3 Å². The number of nitrogens with one attached hydrogen (secondary N) is 1. The summed E-state index contributed by atoms with van der Waals surface area (Å²) in [6.07, 6.45) is 6.61. The van der Waals surface area contributed by atoms with Crippen LogP contribution in [-0.4, -0.2) is 68.8 Å². The third kappa shape index (κ3) is 5.79. The molecule has 6 rings (SSSR count). The third-order valence-corrected chi connectivity index (χ3v) is 9.37. The number of hydrogen-bond donors (Lipinski definition) is 2. The van der Waals surface area contributed by atoms with E-state index in [0.717, 1.165) is 47.1 Å². The Morgan fingerprint density at radius 2 is 1.64 bits per heavy atom. The number of hydrogen-bond acceptors (Lipinski definition) is 6. The summed E-state index contributed by atoms with van der Waals surface area (Å²) >= 11 is 0. The molecule has 8 nitrogen and oxygen atoms in total. The van der Waals surface area contributed by atoms with Crippen LogP contribution in [0.2, 0.25) is 0 Å². The molecular formula is C28H34F2N6O2S. The maximum absolute atomic E-state index is 13.6. The molecule has 1 spiro atoms. The van der Waals surface area contributed by atoms with E-state index in [2.05, 4.69) is 19.9 Å². The summed E-state index contributed by atoms with van der Waals surface area (Å²) in [6.45, 7) is 2.42. The third-order valence-electron chi connectivity index (χ3n) is 8.35. The molecule has 11 heteroatoms. The Labute approximate surface area is 229 Å². The summed E-state index contributed by atoms with van der Waals surface area (Å²) in [6, 6.07) is 13.6. The number of aliphatic hydroxyl groups is 1. The normalized spacial score (nSPS) is 20.7. The minimum atomic E-state index is -2.58. The molecule has 39 heavy (non-hydrogen) atoms. The van der Waals surface area contributed by atoms with Crippen molar-refractivity contribution in [2.45, 2.75) is 44.4 Å². The van der Waals surface area contributed by atoms with Gasteiger partial charge in [0.15, 0.2) is 0 Å². The van der Waals surface area contributed by atoms with Gasteiger partial charge in [0.05, 0.1) is 24.2 Å². The molecule has 2 aromatic carbocycles. The number of alkyl halides is 2. The zero-order chi connectivity index (χ0) is 27.0. The Morgan fingerprint density at radius 1 is 0.923 bits per heavy atom. The summed E-state index contributed by atoms with van der Waals surface area (Å²) < 4.78 is 44.3. The van der Waals surface area contributed by atoms with Crippen LogP contribution in [0, 0.1) is 5.41 Å². The second-order valence-corrected chi connectivity index (χ2v) is 12.3. The standard InChI is InChI=1S/C28H34F2N6O2S/c29-28(30)10-14-34(15-11-28)22-2-1-3-23(19-22)36-20-25(31-33-36)24-5-4-21(32-39(38)17-16-37)18-26(24)35-12-8-27(6-7-27)9-13-35/h1-5,18-20,32,37H,6-17H2. The molecule has 208 valence electrons. The molecule has 1 aliphatic carbocycles. The molecule has 2 saturated heterocycles. The first-order valence-corrected chi connectivity index (χ1v) is 15.0. The zero-order valence-corrected chi connectivity index (χ0v) is 22.7. The second kappa shape index (κ2) is 10.5.